The first-order chi connectivity index (χ1) is 14.5. The van der Waals surface area contributed by atoms with Crippen LogP contribution in [0.4, 0.5) is 0 Å². The summed E-state index contributed by atoms with van der Waals surface area (Å²) in [6.07, 6.45) is 0.908. The molecular weight excluding hydrogens is 400 g/mol. The van der Waals surface area contributed by atoms with Crippen molar-refractivity contribution in [1.29, 1.82) is 0 Å². The van der Waals surface area contributed by atoms with Crippen LogP contribution >= 0.6 is 0 Å². The van der Waals surface area contributed by atoms with Crippen LogP contribution in [0.2, 0.25) is 0 Å². The van der Waals surface area contributed by atoms with Crippen molar-refractivity contribution >= 4 is 22.9 Å². The second-order valence-corrected chi connectivity index (χ2v) is 8.55. The second kappa shape index (κ2) is 8.41. The zero-order valence-electron chi connectivity index (χ0n) is 18.5. The van der Waals surface area contributed by atoms with Crippen LogP contribution in [0, 0.1) is 0 Å². The molecule has 1 aliphatic heterocycles. The molecule has 2 aromatic rings. The van der Waals surface area contributed by atoms with E-state index in [1.54, 1.807) is 59.7 Å². The van der Waals surface area contributed by atoms with Crippen molar-refractivity contribution in [3.63, 3.8) is 0 Å². The van der Waals surface area contributed by atoms with Gasteiger partial charge < -0.3 is 18.6 Å². The summed E-state index contributed by atoms with van der Waals surface area (Å²) in [5.41, 5.74) is 0.899. The van der Waals surface area contributed by atoms with Crippen molar-refractivity contribution in [1.82, 2.24) is 0 Å². The average Bonchev–Trinajstić information content (AvgIpc) is 2.61. The normalized spacial score (nSPS) is 18.9. The highest BCUT2D eigenvalue weighted by molar-refractivity contribution is 5.85. The molecule has 0 spiro atoms. The summed E-state index contributed by atoms with van der Waals surface area (Å²) in [6, 6.07) is 6.22. The molecule has 0 amide bonds. The van der Waals surface area contributed by atoms with Crippen molar-refractivity contribution in [2.75, 3.05) is 0 Å². The molecule has 0 aliphatic carbocycles. The SMILES string of the molecule is CC(C)=CC(=O)O[C@H]1c2cc3ccc(=O)oc3cc2OC(C)(C)[C@H]1OC(=O)C=C(C)C. The van der Waals surface area contributed by atoms with Crippen molar-refractivity contribution in [3.8, 4) is 5.75 Å². The van der Waals surface area contributed by atoms with Crippen LogP contribution in [0.15, 0.2) is 56.8 Å². The summed E-state index contributed by atoms with van der Waals surface area (Å²) in [4.78, 5) is 36.5. The van der Waals surface area contributed by atoms with Crippen LogP contribution in [0.3, 0.4) is 0 Å². The molecule has 7 nitrogen and oxygen atoms in total. The minimum atomic E-state index is -1.03. The fraction of sp³-hybridized carbons (Fsp3) is 0.375. The minimum absolute atomic E-state index is 0.344. The van der Waals surface area contributed by atoms with Gasteiger partial charge in [0.15, 0.2) is 12.2 Å². The highest BCUT2D eigenvalue weighted by atomic mass is 16.6. The van der Waals surface area contributed by atoms with Gasteiger partial charge in [0.05, 0.1) is 0 Å². The summed E-state index contributed by atoms with van der Waals surface area (Å²) >= 11 is 0. The molecule has 31 heavy (non-hydrogen) atoms. The molecule has 1 aromatic carbocycles. The smallest absolute Gasteiger partial charge is 0.336 e. The number of allylic oxidation sites excluding steroid dienone is 2. The fourth-order valence-electron chi connectivity index (χ4n) is 3.41. The van der Waals surface area contributed by atoms with Crippen LogP contribution in [-0.2, 0) is 19.1 Å². The van der Waals surface area contributed by atoms with E-state index in [1.165, 1.54) is 18.2 Å². The summed E-state index contributed by atoms with van der Waals surface area (Å²) in [5, 5.41) is 0.624. The first kappa shape index (κ1) is 22.3. The van der Waals surface area contributed by atoms with Gasteiger partial charge in [0.1, 0.15) is 16.9 Å². The Morgan fingerprint density at radius 1 is 0.968 bits per heavy atom. The molecule has 0 N–H and O–H groups in total. The van der Waals surface area contributed by atoms with Crippen molar-refractivity contribution in [3.05, 3.63) is 63.5 Å². The molecule has 0 saturated heterocycles. The maximum Gasteiger partial charge on any atom is 0.336 e. The standard InChI is InChI=1S/C24H26O7/c1-13(2)9-20(26)29-22-16-11-15-7-8-19(25)28-17(15)12-18(16)31-24(5,6)23(22)30-21(27)10-14(3)4/h7-12,22-23H,1-6H3/t22-,23-/m0/s1. The topological polar surface area (TPSA) is 92.0 Å². The van der Waals surface area contributed by atoms with Gasteiger partial charge in [-0.05, 0) is 53.7 Å². The van der Waals surface area contributed by atoms with Gasteiger partial charge in [0, 0.05) is 35.2 Å². The fourth-order valence-corrected chi connectivity index (χ4v) is 3.41. The Labute approximate surface area is 180 Å². The summed E-state index contributed by atoms with van der Waals surface area (Å²) in [5.74, 6) is -0.729. The van der Waals surface area contributed by atoms with E-state index in [-0.39, 0.29) is 0 Å². The van der Waals surface area contributed by atoms with E-state index in [0.717, 1.165) is 11.1 Å². The molecule has 0 fully saturated rings. The molecule has 3 rings (SSSR count). The second-order valence-electron chi connectivity index (χ2n) is 8.55. The highest BCUT2D eigenvalue weighted by Gasteiger charge is 2.48. The van der Waals surface area contributed by atoms with E-state index in [2.05, 4.69) is 0 Å². The number of ether oxygens (including phenoxy) is 3. The Morgan fingerprint density at radius 3 is 2.19 bits per heavy atom. The molecule has 0 bridgehead atoms. The predicted octanol–water partition coefficient (Wildman–Crippen LogP) is 4.39. The van der Waals surface area contributed by atoms with Crippen molar-refractivity contribution in [2.45, 2.75) is 59.4 Å². The van der Waals surface area contributed by atoms with E-state index in [4.69, 9.17) is 18.6 Å². The van der Waals surface area contributed by atoms with Crippen LogP contribution in [0.5, 0.6) is 5.75 Å². The molecule has 2 heterocycles. The van der Waals surface area contributed by atoms with E-state index < -0.39 is 35.4 Å². The van der Waals surface area contributed by atoms with Gasteiger partial charge in [-0.2, -0.15) is 0 Å². The number of hydrogen-bond donors (Lipinski definition) is 0. The predicted molar refractivity (Wildman–Crippen MR) is 115 cm³/mol. The van der Waals surface area contributed by atoms with E-state index >= 15 is 0 Å². The number of fused-ring (bicyclic) bond motifs is 2. The van der Waals surface area contributed by atoms with Gasteiger partial charge in [-0.15, -0.1) is 0 Å². The molecule has 2 atom stereocenters. The maximum absolute atomic E-state index is 12.5. The van der Waals surface area contributed by atoms with E-state index in [9.17, 15) is 14.4 Å². The van der Waals surface area contributed by atoms with Gasteiger partial charge in [-0.3, -0.25) is 0 Å². The number of hydrogen-bond acceptors (Lipinski definition) is 7. The number of carbonyl (C=O) groups is 2. The first-order valence-corrected chi connectivity index (χ1v) is 9.94. The zero-order chi connectivity index (χ0) is 22.9. The van der Waals surface area contributed by atoms with E-state index in [1.807, 2.05) is 0 Å². The Bertz CT molecular complexity index is 1140. The van der Waals surface area contributed by atoms with Crippen LogP contribution in [-0.4, -0.2) is 23.6 Å². The summed E-state index contributed by atoms with van der Waals surface area (Å²) < 4.78 is 22.8. The lowest BCUT2D eigenvalue weighted by Crippen LogP contribution is -2.52. The number of rotatable bonds is 4. The van der Waals surface area contributed by atoms with E-state index in [0.29, 0.717) is 22.3 Å². The lowest BCUT2D eigenvalue weighted by Gasteiger charge is -2.43. The molecule has 0 saturated carbocycles. The number of carbonyl (C=O) groups excluding carboxylic acids is 2. The molecule has 1 aromatic heterocycles. The molecule has 164 valence electrons. The molecular formula is C24H26O7. The minimum Gasteiger partial charge on any atom is -0.483 e. The zero-order valence-corrected chi connectivity index (χ0v) is 18.5. The molecule has 1 aliphatic rings. The van der Waals surface area contributed by atoms with Crippen LogP contribution < -0.4 is 10.4 Å². The highest BCUT2D eigenvalue weighted by Crippen LogP contribution is 2.45. The quantitative estimate of drug-likeness (QED) is 0.407. The van der Waals surface area contributed by atoms with Gasteiger partial charge in [0.2, 0.25) is 0 Å². The third-order valence-electron chi connectivity index (χ3n) is 4.69. The first-order valence-electron chi connectivity index (χ1n) is 9.94. The number of benzene rings is 1. The molecule has 7 heteroatoms. The molecule has 0 unspecified atom stereocenters. The lowest BCUT2D eigenvalue weighted by molar-refractivity contribution is -0.184. The van der Waals surface area contributed by atoms with Crippen molar-refractivity contribution in [2.24, 2.45) is 0 Å². The average molecular weight is 426 g/mol. The van der Waals surface area contributed by atoms with Gasteiger partial charge in [-0.25, -0.2) is 14.4 Å². The van der Waals surface area contributed by atoms with Gasteiger partial charge in [-0.1, -0.05) is 11.1 Å². The lowest BCUT2D eigenvalue weighted by atomic mass is 9.87. The summed E-state index contributed by atoms with van der Waals surface area (Å²) in [6.45, 7) is 10.6. The van der Waals surface area contributed by atoms with Crippen LogP contribution in [0.25, 0.3) is 11.0 Å². The Morgan fingerprint density at radius 2 is 1.58 bits per heavy atom. The molecule has 0 radical (unpaired) electrons. The Balaban J connectivity index is 2.14. The van der Waals surface area contributed by atoms with Crippen LogP contribution in [0.1, 0.15) is 53.2 Å². The third kappa shape index (κ3) is 5.05. The number of esters is 2. The van der Waals surface area contributed by atoms with Gasteiger partial charge in [0.25, 0.3) is 0 Å². The maximum atomic E-state index is 12.5. The Hall–Kier alpha value is -3.35. The Kier molecular flexibility index (Phi) is 6.06. The summed E-state index contributed by atoms with van der Waals surface area (Å²) in [7, 11) is 0. The largest absolute Gasteiger partial charge is 0.483 e. The van der Waals surface area contributed by atoms with Crippen molar-refractivity contribution < 1.29 is 28.2 Å². The van der Waals surface area contributed by atoms with Gasteiger partial charge >= 0.3 is 17.6 Å². The third-order valence-corrected chi connectivity index (χ3v) is 4.69. The monoisotopic (exact) mass is 426 g/mol.